The molecule has 0 aliphatic heterocycles. The van der Waals surface area contributed by atoms with Gasteiger partial charge in [-0.15, -0.1) is 5.10 Å². The number of aromatic nitrogens is 4. The molecule has 1 amide bonds. The Hall–Kier alpha value is -1.99. The Morgan fingerprint density at radius 3 is 2.74 bits per heavy atom. The van der Waals surface area contributed by atoms with Crippen LogP contribution in [0.25, 0.3) is 0 Å². The highest BCUT2D eigenvalue weighted by atomic mass is 35.5. The molecule has 0 saturated heterocycles. The Bertz CT molecular complexity index is 642. The Labute approximate surface area is 140 Å². The summed E-state index contributed by atoms with van der Waals surface area (Å²) in [7, 11) is 3.76. The Morgan fingerprint density at radius 2 is 2.09 bits per heavy atom. The van der Waals surface area contributed by atoms with Gasteiger partial charge in [0.25, 0.3) is 0 Å². The van der Waals surface area contributed by atoms with Gasteiger partial charge in [0, 0.05) is 32.9 Å². The molecule has 2 aromatic rings. The highest BCUT2D eigenvalue weighted by Crippen LogP contribution is 2.09. The number of halogens is 1. The molecular weight excluding hydrogens is 316 g/mol. The molecule has 0 unspecified atom stereocenters. The fourth-order valence-electron chi connectivity index (χ4n) is 2.07. The number of amides is 1. The fraction of sp³-hybridized carbons (Fsp3) is 0.467. The van der Waals surface area contributed by atoms with E-state index in [2.05, 4.69) is 20.2 Å². The van der Waals surface area contributed by atoms with E-state index >= 15 is 0 Å². The van der Waals surface area contributed by atoms with Crippen molar-refractivity contribution in [2.24, 2.45) is 0 Å². The van der Waals surface area contributed by atoms with Crippen molar-refractivity contribution in [1.29, 1.82) is 0 Å². The minimum absolute atomic E-state index is 0.0181. The molecule has 7 nitrogen and oxygen atoms in total. The maximum atomic E-state index is 11.9. The fourth-order valence-corrected chi connectivity index (χ4v) is 2.18. The summed E-state index contributed by atoms with van der Waals surface area (Å²) >= 11 is 5.78. The lowest BCUT2D eigenvalue weighted by Crippen LogP contribution is -2.30. The molecular formula is C15H21ClN6O. The van der Waals surface area contributed by atoms with Crippen molar-refractivity contribution in [1.82, 2.24) is 29.8 Å². The minimum Gasteiger partial charge on any atom is -0.344 e. The third-order valence-electron chi connectivity index (χ3n) is 3.46. The van der Waals surface area contributed by atoms with Crippen molar-refractivity contribution >= 4 is 17.5 Å². The first-order valence-electron chi connectivity index (χ1n) is 7.40. The van der Waals surface area contributed by atoms with Gasteiger partial charge < -0.3 is 4.90 Å². The summed E-state index contributed by atoms with van der Waals surface area (Å²) in [5, 5.41) is 8.61. The van der Waals surface area contributed by atoms with Gasteiger partial charge in [-0.2, -0.15) is 0 Å². The van der Waals surface area contributed by atoms with E-state index in [-0.39, 0.29) is 12.5 Å². The predicted molar refractivity (Wildman–Crippen MR) is 87.8 cm³/mol. The second-order valence-corrected chi connectivity index (χ2v) is 5.86. The molecule has 0 saturated carbocycles. The number of nitrogens with zero attached hydrogens (tertiary/aromatic N) is 6. The number of pyridine rings is 1. The third-order valence-corrected chi connectivity index (χ3v) is 3.68. The van der Waals surface area contributed by atoms with Crippen LogP contribution in [0.4, 0.5) is 0 Å². The van der Waals surface area contributed by atoms with Crippen molar-refractivity contribution in [2.45, 2.75) is 26.6 Å². The van der Waals surface area contributed by atoms with Gasteiger partial charge in [-0.3, -0.25) is 9.69 Å². The molecule has 124 valence electrons. The van der Waals surface area contributed by atoms with Gasteiger partial charge in [0.15, 0.2) is 0 Å². The molecule has 0 radical (unpaired) electrons. The summed E-state index contributed by atoms with van der Waals surface area (Å²) in [6.45, 7) is 4.20. The monoisotopic (exact) mass is 336 g/mol. The van der Waals surface area contributed by atoms with Crippen molar-refractivity contribution in [3.05, 3.63) is 40.9 Å². The predicted octanol–water partition coefficient (Wildman–Crippen LogP) is 1.44. The highest BCUT2D eigenvalue weighted by Gasteiger charge is 2.10. The van der Waals surface area contributed by atoms with Crippen molar-refractivity contribution in [2.75, 3.05) is 20.6 Å². The van der Waals surface area contributed by atoms with Crippen LogP contribution in [0.5, 0.6) is 0 Å². The molecule has 0 aromatic carbocycles. The number of carbonyl (C=O) groups is 1. The van der Waals surface area contributed by atoms with Gasteiger partial charge in [-0.25, -0.2) is 9.67 Å². The zero-order valence-electron chi connectivity index (χ0n) is 13.6. The third kappa shape index (κ3) is 5.30. The van der Waals surface area contributed by atoms with E-state index in [0.29, 0.717) is 18.2 Å². The summed E-state index contributed by atoms with van der Waals surface area (Å²) in [5.41, 5.74) is 1.89. The van der Waals surface area contributed by atoms with E-state index in [1.807, 2.05) is 20.0 Å². The van der Waals surface area contributed by atoms with Gasteiger partial charge >= 0.3 is 0 Å². The van der Waals surface area contributed by atoms with Gasteiger partial charge in [0.2, 0.25) is 5.91 Å². The first kappa shape index (κ1) is 17.4. The molecule has 8 heteroatoms. The highest BCUT2D eigenvalue weighted by molar-refractivity contribution is 6.29. The SMILES string of the molecule is CCN(C)C(=O)Cn1cc(CN(C)Cc2ccc(Cl)nc2)nn1. The summed E-state index contributed by atoms with van der Waals surface area (Å²) in [6, 6.07) is 3.72. The number of likely N-dealkylation sites (N-methyl/N-ethyl adjacent to an activating group) is 1. The first-order valence-corrected chi connectivity index (χ1v) is 7.77. The van der Waals surface area contributed by atoms with E-state index in [9.17, 15) is 4.79 Å². The van der Waals surface area contributed by atoms with Crippen LogP contribution in [0, 0.1) is 0 Å². The van der Waals surface area contributed by atoms with Crippen LogP contribution in [-0.4, -0.2) is 56.3 Å². The largest absolute Gasteiger partial charge is 0.344 e. The van der Waals surface area contributed by atoms with Crippen LogP contribution < -0.4 is 0 Å². The van der Waals surface area contributed by atoms with Crippen LogP contribution in [-0.2, 0) is 24.4 Å². The number of rotatable bonds is 7. The average Bonchev–Trinajstić information content (AvgIpc) is 2.95. The molecule has 0 atom stereocenters. The molecule has 0 aliphatic rings. The Morgan fingerprint density at radius 1 is 1.30 bits per heavy atom. The quantitative estimate of drug-likeness (QED) is 0.716. The molecule has 2 heterocycles. The number of hydrogen-bond acceptors (Lipinski definition) is 5. The van der Waals surface area contributed by atoms with Crippen molar-refractivity contribution < 1.29 is 4.79 Å². The van der Waals surface area contributed by atoms with E-state index in [1.165, 1.54) is 0 Å². The normalized spacial score (nSPS) is 11.0. The van der Waals surface area contributed by atoms with Gasteiger partial charge in [-0.1, -0.05) is 22.9 Å². The maximum Gasteiger partial charge on any atom is 0.244 e. The lowest BCUT2D eigenvalue weighted by atomic mass is 10.2. The molecule has 2 aromatic heterocycles. The van der Waals surface area contributed by atoms with Crippen LogP contribution in [0.2, 0.25) is 5.15 Å². The Balaban J connectivity index is 1.88. The molecule has 23 heavy (non-hydrogen) atoms. The molecule has 0 bridgehead atoms. The van der Waals surface area contributed by atoms with Crippen LogP contribution in [0.1, 0.15) is 18.2 Å². The zero-order valence-corrected chi connectivity index (χ0v) is 14.4. The van der Waals surface area contributed by atoms with E-state index in [0.717, 1.165) is 17.8 Å². The molecule has 0 N–H and O–H groups in total. The van der Waals surface area contributed by atoms with Crippen LogP contribution in [0.3, 0.4) is 0 Å². The molecule has 0 fully saturated rings. The average molecular weight is 337 g/mol. The lowest BCUT2D eigenvalue weighted by Gasteiger charge is -2.15. The number of hydrogen-bond donors (Lipinski definition) is 0. The Kier molecular flexibility index (Phi) is 6.06. The van der Waals surface area contributed by atoms with Crippen LogP contribution >= 0.6 is 11.6 Å². The smallest absolute Gasteiger partial charge is 0.244 e. The summed E-state index contributed by atoms with van der Waals surface area (Å²) in [6.07, 6.45) is 3.56. The van der Waals surface area contributed by atoms with E-state index in [4.69, 9.17) is 11.6 Å². The van der Waals surface area contributed by atoms with Crippen molar-refractivity contribution in [3.63, 3.8) is 0 Å². The second kappa shape index (κ2) is 8.03. The summed E-state index contributed by atoms with van der Waals surface area (Å²) in [4.78, 5) is 19.7. The van der Waals surface area contributed by atoms with E-state index < -0.39 is 0 Å². The summed E-state index contributed by atoms with van der Waals surface area (Å²) in [5.74, 6) is 0.0181. The molecule has 0 spiro atoms. The lowest BCUT2D eigenvalue weighted by molar-refractivity contribution is -0.130. The van der Waals surface area contributed by atoms with Crippen molar-refractivity contribution in [3.8, 4) is 0 Å². The number of carbonyl (C=O) groups excluding carboxylic acids is 1. The minimum atomic E-state index is 0.0181. The standard InChI is InChI=1S/C15H21ClN6O/c1-4-21(3)15(23)11-22-10-13(18-19-22)9-20(2)8-12-5-6-14(16)17-7-12/h5-7,10H,4,8-9,11H2,1-3H3. The maximum absolute atomic E-state index is 11.9. The van der Waals surface area contributed by atoms with E-state index in [1.54, 1.807) is 35.1 Å². The van der Waals surface area contributed by atoms with Crippen LogP contribution in [0.15, 0.2) is 24.5 Å². The van der Waals surface area contributed by atoms with Gasteiger partial charge in [0.05, 0.1) is 11.9 Å². The first-order chi connectivity index (χ1) is 11.0. The topological polar surface area (TPSA) is 67.2 Å². The zero-order chi connectivity index (χ0) is 16.8. The molecule has 0 aliphatic carbocycles. The molecule has 2 rings (SSSR count). The van der Waals surface area contributed by atoms with Gasteiger partial charge in [-0.05, 0) is 25.6 Å². The second-order valence-electron chi connectivity index (χ2n) is 5.48. The van der Waals surface area contributed by atoms with Gasteiger partial charge in [0.1, 0.15) is 11.7 Å². The summed E-state index contributed by atoms with van der Waals surface area (Å²) < 4.78 is 1.57.